The van der Waals surface area contributed by atoms with E-state index in [1.807, 2.05) is 42.5 Å². The first-order valence-electron chi connectivity index (χ1n) is 8.19. The van der Waals surface area contributed by atoms with Crippen LogP contribution in [0.3, 0.4) is 0 Å². The normalized spacial score (nSPS) is 21.5. The molecule has 23 heavy (non-hydrogen) atoms. The number of allylic oxidation sites excluding steroid dienone is 4. The summed E-state index contributed by atoms with van der Waals surface area (Å²) < 4.78 is 0. The number of hydrogen-bond acceptors (Lipinski definition) is 4. The topological polar surface area (TPSA) is 51.0 Å². The van der Waals surface area contributed by atoms with E-state index < -0.39 is 0 Å². The van der Waals surface area contributed by atoms with E-state index in [9.17, 15) is 4.79 Å². The molecule has 1 fully saturated rings. The van der Waals surface area contributed by atoms with E-state index in [2.05, 4.69) is 10.1 Å². The first-order valence-corrected chi connectivity index (χ1v) is 8.19. The number of rotatable bonds is 2. The second-order valence-electron chi connectivity index (χ2n) is 6.14. The van der Waals surface area contributed by atoms with Gasteiger partial charge in [0.15, 0.2) is 0 Å². The van der Waals surface area contributed by atoms with Crippen LogP contribution in [0.4, 0.5) is 0 Å². The Morgan fingerprint density at radius 2 is 2.00 bits per heavy atom. The van der Waals surface area contributed by atoms with E-state index in [0.29, 0.717) is 5.71 Å². The molecule has 0 atom stereocenters. The minimum Gasteiger partial charge on any atom is -0.317 e. The Bertz CT molecular complexity index is 856. The zero-order valence-electron chi connectivity index (χ0n) is 12.9. The maximum atomic E-state index is 12.2. The summed E-state index contributed by atoms with van der Waals surface area (Å²) in [4.78, 5) is 22.0. The van der Waals surface area contributed by atoms with Gasteiger partial charge in [0.25, 0.3) is 0 Å². The molecule has 0 amide bonds. The number of benzene rings is 1. The molecule has 0 saturated heterocycles. The fraction of sp³-hybridized carbons (Fsp3) is 0.316. The number of nitrogens with zero attached hydrogens (tertiary/aromatic N) is 2. The lowest BCUT2D eigenvalue weighted by Crippen LogP contribution is -2.25. The van der Waals surface area contributed by atoms with Gasteiger partial charge in [-0.2, -0.15) is 0 Å². The molecule has 0 unspecified atom stereocenters. The Kier molecular flexibility index (Phi) is 3.66. The summed E-state index contributed by atoms with van der Waals surface area (Å²) in [6, 6.07) is 7.95. The van der Waals surface area contributed by atoms with Crippen LogP contribution in [0.5, 0.6) is 0 Å². The van der Waals surface area contributed by atoms with Crippen LogP contribution in [0.25, 0.3) is 5.57 Å². The monoisotopic (exact) mass is 306 g/mol. The highest BCUT2D eigenvalue weighted by Crippen LogP contribution is 2.25. The standard InChI is InChI=1S/C19H18N2O2/c22-19(13-7-2-1-3-8-13)23-21-17-12-6-11-16-18(17)14-9-4-5-10-15(14)20-16/h4-6,9-13H,1-3,7-8H2. The van der Waals surface area contributed by atoms with Crippen LogP contribution in [0.2, 0.25) is 0 Å². The summed E-state index contributed by atoms with van der Waals surface area (Å²) in [7, 11) is 0. The highest BCUT2D eigenvalue weighted by molar-refractivity contribution is 6.30. The summed E-state index contributed by atoms with van der Waals surface area (Å²) in [5.74, 6) is -0.202. The molecule has 2 aliphatic carbocycles. The van der Waals surface area contributed by atoms with Crippen molar-refractivity contribution in [1.29, 1.82) is 0 Å². The SMILES string of the molecule is O=C(ON=C1C=CC=C2N=c3ccccc3=C21)C1CCCCC1. The lowest BCUT2D eigenvalue weighted by atomic mass is 9.89. The predicted octanol–water partition coefficient (Wildman–Crippen LogP) is 2.40. The van der Waals surface area contributed by atoms with Crippen molar-refractivity contribution >= 4 is 17.3 Å². The van der Waals surface area contributed by atoms with Crippen LogP contribution in [0.15, 0.2) is 58.3 Å². The molecule has 0 aromatic heterocycles. The molecule has 4 rings (SSSR count). The van der Waals surface area contributed by atoms with E-state index in [1.54, 1.807) is 0 Å². The molecule has 1 aromatic carbocycles. The Labute approximate surface area is 134 Å². The number of hydrogen-bond donors (Lipinski definition) is 0. The molecule has 0 N–H and O–H groups in total. The van der Waals surface area contributed by atoms with E-state index in [4.69, 9.17) is 4.84 Å². The Hall–Kier alpha value is -2.49. The second kappa shape index (κ2) is 5.95. The third-order valence-electron chi connectivity index (χ3n) is 4.61. The van der Waals surface area contributed by atoms with Crippen molar-refractivity contribution in [1.82, 2.24) is 0 Å². The molecular weight excluding hydrogens is 288 g/mol. The number of carbonyl (C=O) groups excluding carboxylic acids is 1. The fourth-order valence-electron chi connectivity index (χ4n) is 3.39. The smallest absolute Gasteiger partial charge is 0.317 e. The third kappa shape index (κ3) is 2.65. The van der Waals surface area contributed by atoms with Crippen LogP contribution in [-0.4, -0.2) is 11.7 Å². The molecule has 1 aromatic rings. The largest absolute Gasteiger partial charge is 0.338 e. The summed E-state index contributed by atoms with van der Waals surface area (Å²) in [5, 5.41) is 6.11. The van der Waals surface area contributed by atoms with Crippen molar-refractivity contribution < 1.29 is 9.63 Å². The summed E-state index contributed by atoms with van der Waals surface area (Å²) in [6.45, 7) is 0. The van der Waals surface area contributed by atoms with Crippen LogP contribution in [0, 0.1) is 5.92 Å². The molecule has 0 radical (unpaired) electrons. The Morgan fingerprint density at radius 3 is 2.87 bits per heavy atom. The van der Waals surface area contributed by atoms with Gasteiger partial charge >= 0.3 is 5.97 Å². The van der Waals surface area contributed by atoms with E-state index in [0.717, 1.165) is 47.5 Å². The lowest BCUT2D eigenvalue weighted by molar-refractivity contribution is -0.149. The van der Waals surface area contributed by atoms with E-state index >= 15 is 0 Å². The van der Waals surface area contributed by atoms with Crippen molar-refractivity contribution in [2.24, 2.45) is 16.1 Å². The zero-order valence-corrected chi connectivity index (χ0v) is 12.9. The summed E-state index contributed by atoms with van der Waals surface area (Å²) in [5.41, 5.74) is 2.49. The van der Waals surface area contributed by atoms with Gasteiger partial charge in [0.2, 0.25) is 0 Å². The molecule has 4 nitrogen and oxygen atoms in total. The van der Waals surface area contributed by atoms with Gasteiger partial charge in [0.1, 0.15) is 5.71 Å². The van der Waals surface area contributed by atoms with Crippen molar-refractivity contribution in [3.05, 3.63) is 58.8 Å². The molecule has 1 aliphatic heterocycles. The quantitative estimate of drug-likeness (QED) is 0.622. The maximum absolute atomic E-state index is 12.2. The number of fused-ring (bicyclic) bond motifs is 2. The highest BCUT2D eigenvalue weighted by atomic mass is 16.7. The van der Waals surface area contributed by atoms with Gasteiger partial charge in [-0.25, -0.2) is 9.79 Å². The van der Waals surface area contributed by atoms with Gasteiger partial charge in [0, 0.05) is 10.8 Å². The van der Waals surface area contributed by atoms with Crippen LogP contribution < -0.4 is 10.6 Å². The van der Waals surface area contributed by atoms with Crippen molar-refractivity contribution in [3.63, 3.8) is 0 Å². The van der Waals surface area contributed by atoms with Crippen molar-refractivity contribution in [2.45, 2.75) is 32.1 Å². The van der Waals surface area contributed by atoms with Crippen molar-refractivity contribution in [2.75, 3.05) is 0 Å². The molecule has 0 spiro atoms. The first kappa shape index (κ1) is 14.1. The van der Waals surface area contributed by atoms with Gasteiger partial charge < -0.3 is 4.84 Å². The Morgan fingerprint density at radius 1 is 1.17 bits per heavy atom. The first-order chi connectivity index (χ1) is 11.3. The Balaban J connectivity index is 1.62. The van der Waals surface area contributed by atoms with Gasteiger partial charge in [-0.3, -0.25) is 0 Å². The third-order valence-corrected chi connectivity index (χ3v) is 4.61. The van der Waals surface area contributed by atoms with E-state index in [1.165, 1.54) is 6.42 Å². The molecule has 0 bridgehead atoms. The van der Waals surface area contributed by atoms with Gasteiger partial charge in [-0.1, -0.05) is 48.7 Å². The van der Waals surface area contributed by atoms with Crippen LogP contribution >= 0.6 is 0 Å². The molecule has 3 aliphatic rings. The van der Waals surface area contributed by atoms with E-state index in [-0.39, 0.29) is 11.9 Å². The molecule has 4 heteroatoms. The van der Waals surface area contributed by atoms with Crippen LogP contribution in [0.1, 0.15) is 32.1 Å². The summed E-state index contributed by atoms with van der Waals surface area (Å²) >= 11 is 0. The highest BCUT2D eigenvalue weighted by Gasteiger charge is 2.24. The number of carbonyl (C=O) groups is 1. The molecule has 116 valence electrons. The number of para-hydroxylation sites is 1. The van der Waals surface area contributed by atoms with Crippen LogP contribution in [-0.2, 0) is 9.63 Å². The average molecular weight is 306 g/mol. The molecule has 1 heterocycles. The second-order valence-corrected chi connectivity index (χ2v) is 6.14. The molecular formula is C19H18N2O2. The fourth-order valence-corrected chi connectivity index (χ4v) is 3.39. The van der Waals surface area contributed by atoms with Gasteiger partial charge in [-0.15, -0.1) is 0 Å². The van der Waals surface area contributed by atoms with Gasteiger partial charge in [0.05, 0.1) is 17.0 Å². The van der Waals surface area contributed by atoms with Crippen molar-refractivity contribution in [3.8, 4) is 0 Å². The minimum absolute atomic E-state index is 0.00114. The predicted molar refractivity (Wildman–Crippen MR) is 88.0 cm³/mol. The maximum Gasteiger partial charge on any atom is 0.338 e. The minimum atomic E-state index is -0.203. The lowest BCUT2D eigenvalue weighted by Gasteiger charge is -2.18. The summed E-state index contributed by atoms with van der Waals surface area (Å²) in [6.07, 6.45) is 11.0. The number of oxime groups is 1. The molecule has 1 saturated carbocycles. The average Bonchev–Trinajstić information content (AvgIpc) is 2.99. The zero-order chi connectivity index (χ0) is 15.6. The van der Waals surface area contributed by atoms with Gasteiger partial charge in [-0.05, 0) is 31.1 Å².